The monoisotopic (exact) mass is 548 g/mol. The van der Waals surface area contributed by atoms with E-state index in [0.29, 0.717) is 26.1 Å². The van der Waals surface area contributed by atoms with Crippen LogP contribution < -0.4 is 0 Å². The predicted octanol–water partition coefficient (Wildman–Crippen LogP) is 4.46. The molecule has 0 saturated carbocycles. The van der Waals surface area contributed by atoms with Gasteiger partial charge >= 0.3 is 5.97 Å². The van der Waals surface area contributed by atoms with E-state index >= 15 is 0 Å². The van der Waals surface area contributed by atoms with Gasteiger partial charge in [-0.1, -0.05) is 39.8 Å². The van der Waals surface area contributed by atoms with Crippen molar-refractivity contribution in [3.8, 4) is 0 Å². The Labute approximate surface area is 224 Å². The van der Waals surface area contributed by atoms with Gasteiger partial charge in [-0.3, -0.25) is 14.5 Å². The van der Waals surface area contributed by atoms with Crippen molar-refractivity contribution in [3.63, 3.8) is 0 Å². The molecule has 3 rings (SSSR count). The van der Waals surface area contributed by atoms with Crippen molar-refractivity contribution >= 4 is 37.3 Å². The molecule has 1 N–H and O–H groups in total. The highest BCUT2D eigenvalue weighted by molar-refractivity contribution is 7.95. The summed E-state index contributed by atoms with van der Waals surface area (Å²) in [6.07, 6.45) is 0.487. The summed E-state index contributed by atoms with van der Waals surface area (Å²) >= 11 is -1.92. The second-order valence-corrected chi connectivity index (χ2v) is 17.5. The van der Waals surface area contributed by atoms with E-state index in [2.05, 4.69) is 33.9 Å². The van der Waals surface area contributed by atoms with Crippen molar-refractivity contribution in [3.05, 3.63) is 40.4 Å². The van der Waals surface area contributed by atoms with Crippen LogP contribution in [0.25, 0.3) is 0 Å². The van der Waals surface area contributed by atoms with Gasteiger partial charge in [0.1, 0.15) is 0 Å². The molecule has 1 fully saturated rings. The van der Waals surface area contributed by atoms with E-state index in [4.69, 9.17) is 4.43 Å². The zero-order valence-electron chi connectivity index (χ0n) is 23.2. The van der Waals surface area contributed by atoms with Crippen LogP contribution in [0.2, 0.25) is 18.1 Å². The highest BCUT2D eigenvalue weighted by Gasteiger charge is 2.61. The van der Waals surface area contributed by atoms with Crippen molar-refractivity contribution in [1.82, 2.24) is 9.80 Å². The Hall–Kier alpha value is -2.14. The number of hydrogen-bond donors (Lipinski definition) is 1. The van der Waals surface area contributed by atoms with Gasteiger partial charge in [0.25, 0.3) is 5.91 Å². The smallest absolute Gasteiger partial charge is 0.357 e. The summed E-state index contributed by atoms with van der Waals surface area (Å²) in [6.45, 7) is 17.8. The highest BCUT2D eigenvalue weighted by atomic mass is 32.2. The third-order valence-electron chi connectivity index (χ3n) is 8.13. The average Bonchev–Trinajstić information content (AvgIpc) is 3.10. The van der Waals surface area contributed by atoms with E-state index in [1.165, 1.54) is 4.90 Å². The number of benzene rings is 1. The normalized spacial score (nSPS) is 22.6. The maximum absolute atomic E-state index is 13.9. The van der Waals surface area contributed by atoms with Crippen molar-refractivity contribution < 1.29 is 28.5 Å². The second kappa shape index (κ2) is 10.9. The molecule has 2 aliphatic heterocycles. The van der Waals surface area contributed by atoms with E-state index in [1.54, 1.807) is 29.2 Å². The van der Waals surface area contributed by atoms with Gasteiger partial charge in [-0.05, 0) is 50.5 Å². The van der Waals surface area contributed by atoms with E-state index in [9.17, 15) is 24.0 Å². The maximum Gasteiger partial charge on any atom is 0.357 e. The fraction of sp³-hybridized carbons (Fsp3) is 0.593. The van der Waals surface area contributed by atoms with Gasteiger partial charge in [0, 0.05) is 30.9 Å². The molecule has 1 aromatic rings. The molecule has 1 aromatic carbocycles. The van der Waals surface area contributed by atoms with Crippen LogP contribution >= 0.6 is 0 Å². The Morgan fingerprint density at radius 1 is 1.19 bits per heavy atom. The number of hydrogen-bond acceptors (Lipinski definition) is 5. The molecule has 1 unspecified atom stereocenters. The lowest BCUT2D eigenvalue weighted by Gasteiger charge is -2.45. The first-order valence-corrected chi connectivity index (χ1v) is 17.0. The largest absolute Gasteiger partial charge is 0.607 e. The molecule has 0 aliphatic carbocycles. The molecule has 204 valence electrons. The number of aliphatic carboxylic acids is 1. The van der Waals surface area contributed by atoms with Crippen LogP contribution in [0.3, 0.4) is 0 Å². The first kappa shape index (κ1) is 29.4. The molecule has 0 radical (unpaired) electrons. The Balaban J connectivity index is 1.89. The lowest BCUT2D eigenvalue weighted by Crippen LogP contribution is -2.60. The van der Waals surface area contributed by atoms with Gasteiger partial charge in [0.15, 0.2) is 23.8 Å². The summed E-state index contributed by atoms with van der Waals surface area (Å²) in [5, 5.41) is 10.1. The Kier molecular flexibility index (Phi) is 8.68. The minimum Gasteiger partial charge on any atom is -0.607 e. The first-order valence-electron chi connectivity index (χ1n) is 12.9. The number of carbonyl (C=O) groups excluding carboxylic acids is 2. The van der Waals surface area contributed by atoms with Gasteiger partial charge in [0.2, 0.25) is 5.91 Å². The van der Waals surface area contributed by atoms with Crippen LogP contribution in [-0.2, 0) is 25.2 Å². The van der Waals surface area contributed by atoms with Crippen LogP contribution in [0, 0.1) is 11.8 Å². The maximum atomic E-state index is 13.9. The highest BCUT2D eigenvalue weighted by Crippen LogP contribution is 2.50. The molecule has 0 bridgehead atoms. The summed E-state index contributed by atoms with van der Waals surface area (Å²) in [5.74, 6) is -2.63. The van der Waals surface area contributed by atoms with Crippen molar-refractivity contribution in [2.75, 3.05) is 19.7 Å². The van der Waals surface area contributed by atoms with Crippen LogP contribution in [-0.4, -0.2) is 71.3 Å². The molecular formula is C27H40N2O6SSi. The third kappa shape index (κ3) is 5.26. The van der Waals surface area contributed by atoms with Gasteiger partial charge in [-0.25, -0.2) is 4.79 Å². The SMILES string of the molecule is CCN(CC)C(=O)c1ccccc1[S+]([O-])C1=C(C(=O)O)N2C(=O)[C@@H](CCO[Si](C)(C)C(C)(C)C)[C@H]2[C@H]1C. The van der Waals surface area contributed by atoms with E-state index in [0.717, 1.165) is 0 Å². The van der Waals surface area contributed by atoms with Gasteiger partial charge in [-0.2, -0.15) is 0 Å². The number of β-lactam (4-membered cyclic amide) rings is 1. The molecule has 4 atom stereocenters. The lowest BCUT2D eigenvalue weighted by molar-refractivity contribution is -0.157. The second-order valence-electron chi connectivity index (χ2n) is 11.3. The number of nitrogens with zero attached hydrogens (tertiary/aromatic N) is 2. The zero-order valence-corrected chi connectivity index (χ0v) is 25.0. The number of carbonyl (C=O) groups is 3. The molecule has 10 heteroatoms. The minimum absolute atomic E-state index is 0.0430. The average molecular weight is 549 g/mol. The van der Waals surface area contributed by atoms with E-state index < -0.39 is 37.3 Å². The Bertz CT molecular complexity index is 1090. The number of fused-ring (bicyclic) bond motifs is 1. The zero-order chi connectivity index (χ0) is 27.9. The number of carboxylic acid groups (broad SMARTS) is 1. The minimum atomic E-state index is -1.99. The lowest BCUT2D eigenvalue weighted by atomic mass is 9.80. The summed E-state index contributed by atoms with van der Waals surface area (Å²) in [7, 11) is -1.99. The topological polar surface area (TPSA) is 110 Å². The molecule has 0 aromatic heterocycles. The van der Waals surface area contributed by atoms with Crippen LogP contribution in [0.1, 0.15) is 58.3 Å². The molecular weight excluding hydrogens is 508 g/mol. The fourth-order valence-corrected chi connectivity index (χ4v) is 7.61. The quantitative estimate of drug-likeness (QED) is 0.263. The molecule has 1 saturated heterocycles. The molecule has 8 nitrogen and oxygen atoms in total. The third-order valence-corrected chi connectivity index (χ3v) is 14.4. The Morgan fingerprint density at radius 3 is 2.32 bits per heavy atom. The molecule has 0 spiro atoms. The van der Waals surface area contributed by atoms with Crippen LogP contribution in [0.5, 0.6) is 0 Å². The van der Waals surface area contributed by atoms with Crippen molar-refractivity contribution in [1.29, 1.82) is 0 Å². The summed E-state index contributed by atoms with van der Waals surface area (Å²) in [4.78, 5) is 42.0. The molecule has 2 amide bonds. The van der Waals surface area contributed by atoms with Crippen LogP contribution in [0.4, 0.5) is 0 Å². The standard InChI is InChI=1S/C27H40N2O6SSi/c1-9-28(10-2)24(30)18-13-11-12-14-20(18)36(34)23-17(3)21-19(25(31)29(21)22(23)26(32)33)15-16-35-37(7,8)27(4,5)6/h11-14,17,19,21H,9-10,15-16H2,1-8H3,(H,32,33)/t17-,19+,21-,36?/m1/s1. The fourth-order valence-electron chi connectivity index (χ4n) is 4.91. The first-order chi connectivity index (χ1) is 17.2. The van der Waals surface area contributed by atoms with Crippen molar-refractivity contribution in [2.24, 2.45) is 11.8 Å². The van der Waals surface area contributed by atoms with Crippen LogP contribution in [0.15, 0.2) is 39.8 Å². The number of amides is 2. The summed E-state index contributed by atoms with van der Waals surface area (Å²) in [6, 6.07) is 6.24. The predicted molar refractivity (Wildman–Crippen MR) is 146 cm³/mol. The summed E-state index contributed by atoms with van der Waals surface area (Å²) < 4.78 is 20.2. The van der Waals surface area contributed by atoms with E-state index in [-0.39, 0.29) is 44.0 Å². The van der Waals surface area contributed by atoms with Gasteiger partial charge < -0.3 is 19.0 Å². The number of carboxylic acids is 1. The van der Waals surface area contributed by atoms with Gasteiger partial charge in [-0.15, -0.1) is 0 Å². The van der Waals surface area contributed by atoms with Crippen molar-refractivity contribution in [2.45, 2.75) is 77.0 Å². The summed E-state index contributed by atoms with van der Waals surface area (Å²) in [5.41, 5.74) is 0.0707. The molecule has 37 heavy (non-hydrogen) atoms. The molecule has 2 heterocycles. The Morgan fingerprint density at radius 2 is 1.78 bits per heavy atom. The number of rotatable bonds is 10. The van der Waals surface area contributed by atoms with Gasteiger partial charge in [0.05, 0.1) is 23.4 Å². The van der Waals surface area contributed by atoms with E-state index in [1.807, 2.05) is 20.8 Å². The molecule has 2 aliphatic rings.